The monoisotopic (exact) mass is 233 g/mol. The highest BCUT2D eigenvalue weighted by Gasteiger charge is 2.45. The third-order valence-electron chi connectivity index (χ3n) is 2.66. The van der Waals surface area contributed by atoms with Crippen LogP contribution in [0.4, 0.5) is 10.5 Å². The van der Waals surface area contributed by atoms with Gasteiger partial charge in [0.05, 0.1) is 5.69 Å². The molecule has 1 aromatic rings. The number of imide groups is 1. The predicted molar refractivity (Wildman–Crippen MR) is 64.1 cm³/mol. The van der Waals surface area contributed by atoms with Gasteiger partial charge < -0.3 is 0 Å². The van der Waals surface area contributed by atoms with Crippen LogP contribution in [-0.2, 0) is 4.79 Å². The first-order valence-electron chi connectivity index (χ1n) is 5.41. The van der Waals surface area contributed by atoms with Crippen molar-refractivity contribution in [2.75, 3.05) is 5.01 Å². The number of benzene rings is 1. The van der Waals surface area contributed by atoms with Crippen LogP contribution in [0.3, 0.4) is 0 Å². The van der Waals surface area contributed by atoms with Gasteiger partial charge in [0, 0.05) is 6.92 Å². The minimum Gasteiger partial charge on any atom is -0.275 e. The summed E-state index contributed by atoms with van der Waals surface area (Å²) >= 11 is 0. The SMILES string of the molecule is CC(=O)N1C(=O)N(c2ccccc2)NC1(C)C. The molecule has 0 saturated carbocycles. The maximum Gasteiger partial charge on any atom is 0.347 e. The Bertz CT molecular complexity index is 456. The third kappa shape index (κ3) is 1.89. The van der Waals surface area contributed by atoms with Gasteiger partial charge >= 0.3 is 6.03 Å². The highest BCUT2D eigenvalue weighted by Crippen LogP contribution is 2.25. The summed E-state index contributed by atoms with van der Waals surface area (Å²) in [5.74, 6) is -0.272. The number of nitrogens with zero attached hydrogens (tertiary/aromatic N) is 2. The van der Waals surface area contributed by atoms with E-state index in [1.165, 1.54) is 16.8 Å². The molecule has 2 rings (SSSR count). The molecule has 90 valence electrons. The molecule has 0 bridgehead atoms. The molecule has 0 aliphatic carbocycles. The number of hydrogen-bond acceptors (Lipinski definition) is 3. The van der Waals surface area contributed by atoms with E-state index >= 15 is 0 Å². The van der Waals surface area contributed by atoms with Gasteiger partial charge in [0.1, 0.15) is 5.66 Å². The molecule has 1 aromatic carbocycles. The molecule has 0 aromatic heterocycles. The summed E-state index contributed by atoms with van der Waals surface area (Å²) < 4.78 is 0. The molecule has 1 heterocycles. The van der Waals surface area contributed by atoms with Crippen molar-refractivity contribution in [1.29, 1.82) is 0 Å². The molecule has 1 aliphatic heterocycles. The number of carbonyl (C=O) groups excluding carboxylic acids is 2. The Morgan fingerprint density at radius 2 is 1.82 bits per heavy atom. The molecule has 3 amide bonds. The second-order valence-corrected chi connectivity index (χ2v) is 4.48. The van der Waals surface area contributed by atoms with Crippen molar-refractivity contribution in [3.8, 4) is 0 Å². The van der Waals surface area contributed by atoms with Crippen molar-refractivity contribution in [1.82, 2.24) is 10.3 Å². The van der Waals surface area contributed by atoms with Crippen LogP contribution < -0.4 is 10.4 Å². The lowest BCUT2D eigenvalue weighted by molar-refractivity contribution is -0.129. The van der Waals surface area contributed by atoms with Crippen LogP contribution in [0.1, 0.15) is 20.8 Å². The summed E-state index contributed by atoms with van der Waals surface area (Å²) in [6.07, 6.45) is 0. The summed E-state index contributed by atoms with van der Waals surface area (Å²) in [5.41, 5.74) is 3.02. The molecule has 1 saturated heterocycles. The smallest absolute Gasteiger partial charge is 0.275 e. The first kappa shape index (κ1) is 11.6. The van der Waals surface area contributed by atoms with Gasteiger partial charge in [-0.15, -0.1) is 0 Å². The van der Waals surface area contributed by atoms with E-state index in [2.05, 4.69) is 5.43 Å². The number of urea groups is 1. The van der Waals surface area contributed by atoms with Crippen molar-refractivity contribution in [2.24, 2.45) is 0 Å². The Kier molecular flexibility index (Phi) is 2.63. The van der Waals surface area contributed by atoms with Gasteiger partial charge in [-0.2, -0.15) is 0 Å². The fourth-order valence-corrected chi connectivity index (χ4v) is 1.99. The first-order chi connectivity index (χ1) is 7.93. The van der Waals surface area contributed by atoms with Crippen LogP contribution in [0.2, 0.25) is 0 Å². The Labute approximate surface area is 100.0 Å². The molecule has 1 fully saturated rings. The maximum atomic E-state index is 12.1. The van der Waals surface area contributed by atoms with Gasteiger partial charge in [0.15, 0.2) is 0 Å². The minimum atomic E-state index is -0.710. The van der Waals surface area contributed by atoms with E-state index in [0.717, 1.165) is 0 Å². The van der Waals surface area contributed by atoms with Crippen LogP contribution in [0.5, 0.6) is 0 Å². The van der Waals surface area contributed by atoms with Crippen LogP contribution in [0.15, 0.2) is 30.3 Å². The van der Waals surface area contributed by atoms with Crippen molar-refractivity contribution in [2.45, 2.75) is 26.4 Å². The molecule has 1 N–H and O–H groups in total. The molecule has 0 spiro atoms. The quantitative estimate of drug-likeness (QED) is 0.803. The van der Waals surface area contributed by atoms with Gasteiger partial charge in [-0.25, -0.2) is 20.1 Å². The molecular formula is C12H15N3O2. The van der Waals surface area contributed by atoms with Crippen LogP contribution in [0.25, 0.3) is 0 Å². The zero-order valence-corrected chi connectivity index (χ0v) is 10.1. The van der Waals surface area contributed by atoms with E-state index in [4.69, 9.17) is 0 Å². The lowest BCUT2D eigenvalue weighted by atomic mass is 10.2. The summed E-state index contributed by atoms with van der Waals surface area (Å²) in [6, 6.07) is 8.82. The van der Waals surface area contributed by atoms with Crippen LogP contribution >= 0.6 is 0 Å². The van der Waals surface area contributed by atoms with Gasteiger partial charge in [-0.05, 0) is 26.0 Å². The Morgan fingerprint density at radius 3 is 2.29 bits per heavy atom. The van der Waals surface area contributed by atoms with Gasteiger partial charge in [0.2, 0.25) is 5.91 Å². The third-order valence-corrected chi connectivity index (χ3v) is 2.66. The number of hydrazine groups is 1. The topological polar surface area (TPSA) is 52.7 Å². The van der Waals surface area contributed by atoms with E-state index in [1.54, 1.807) is 13.8 Å². The predicted octanol–water partition coefficient (Wildman–Crippen LogP) is 1.72. The van der Waals surface area contributed by atoms with Crippen molar-refractivity contribution >= 4 is 17.6 Å². The lowest BCUT2D eigenvalue weighted by Crippen LogP contribution is -2.49. The Hall–Kier alpha value is -1.88. The number of para-hydroxylation sites is 1. The normalized spacial score (nSPS) is 18.6. The number of rotatable bonds is 1. The molecule has 17 heavy (non-hydrogen) atoms. The molecule has 5 heteroatoms. The van der Waals surface area contributed by atoms with E-state index in [9.17, 15) is 9.59 Å². The second-order valence-electron chi connectivity index (χ2n) is 4.48. The molecule has 0 radical (unpaired) electrons. The molecule has 5 nitrogen and oxygen atoms in total. The van der Waals surface area contributed by atoms with Crippen LogP contribution in [-0.4, -0.2) is 22.5 Å². The molecule has 0 atom stereocenters. The first-order valence-corrected chi connectivity index (χ1v) is 5.41. The second kappa shape index (κ2) is 3.85. The molecule has 1 aliphatic rings. The van der Waals surface area contributed by atoms with E-state index < -0.39 is 5.66 Å². The summed E-state index contributed by atoms with van der Waals surface area (Å²) in [7, 11) is 0. The van der Waals surface area contributed by atoms with Gasteiger partial charge in [-0.3, -0.25) is 4.79 Å². The number of nitrogens with one attached hydrogen (secondary N) is 1. The number of carbonyl (C=O) groups is 2. The van der Waals surface area contributed by atoms with Crippen molar-refractivity contribution in [3.63, 3.8) is 0 Å². The Morgan fingerprint density at radius 1 is 1.24 bits per heavy atom. The standard InChI is InChI=1S/C12H15N3O2/c1-9(16)14-11(17)15(13-12(14,2)3)10-7-5-4-6-8-10/h4-8,13H,1-3H3. The molecular weight excluding hydrogens is 218 g/mol. The lowest BCUT2D eigenvalue weighted by Gasteiger charge is -2.25. The van der Waals surface area contributed by atoms with E-state index in [1.807, 2.05) is 30.3 Å². The number of hydrogen-bond donors (Lipinski definition) is 1. The zero-order chi connectivity index (χ0) is 12.6. The van der Waals surface area contributed by atoms with Crippen molar-refractivity contribution < 1.29 is 9.59 Å². The highest BCUT2D eigenvalue weighted by molar-refractivity contribution is 6.04. The fourth-order valence-electron chi connectivity index (χ4n) is 1.99. The maximum absolute atomic E-state index is 12.1. The average molecular weight is 233 g/mol. The average Bonchev–Trinajstić information content (AvgIpc) is 2.50. The zero-order valence-electron chi connectivity index (χ0n) is 10.1. The largest absolute Gasteiger partial charge is 0.347 e. The summed E-state index contributed by atoms with van der Waals surface area (Å²) in [4.78, 5) is 24.8. The summed E-state index contributed by atoms with van der Waals surface area (Å²) in [5, 5.41) is 1.39. The fraction of sp³-hybridized carbons (Fsp3) is 0.333. The van der Waals surface area contributed by atoms with E-state index in [-0.39, 0.29) is 11.9 Å². The summed E-state index contributed by atoms with van der Waals surface area (Å²) in [6.45, 7) is 4.96. The van der Waals surface area contributed by atoms with Crippen LogP contribution in [0, 0.1) is 0 Å². The highest BCUT2D eigenvalue weighted by atomic mass is 16.2. The number of anilines is 1. The number of amides is 3. The Balaban J connectivity index is 2.36. The van der Waals surface area contributed by atoms with Gasteiger partial charge in [-0.1, -0.05) is 18.2 Å². The van der Waals surface area contributed by atoms with Crippen molar-refractivity contribution in [3.05, 3.63) is 30.3 Å². The molecule has 0 unspecified atom stereocenters. The van der Waals surface area contributed by atoms with E-state index in [0.29, 0.717) is 5.69 Å². The minimum absolute atomic E-state index is 0.272. The van der Waals surface area contributed by atoms with Gasteiger partial charge in [0.25, 0.3) is 0 Å².